The normalized spacial score (nSPS) is 18.6. The second-order valence-corrected chi connectivity index (χ2v) is 9.79. The number of benzene rings is 1. The third-order valence-corrected chi connectivity index (χ3v) is 7.01. The summed E-state index contributed by atoms with van der Waals surface area (Å²) in [6, 6.07) is 8.16. The van der Waals surface area contributed by atoms with Crippen molar-refractivity contribution in [1.29, 1.82) is 0 Å². The number of nitrogens with one attached hydrogen (secondary N) is 2. The van der Waals surface area contributed by atoms with Crippen LogP contribution in [-0.2, 0) is 30.3 Å². The van der Waals surface area contributed by atoms with Crippen molar-refractivity contribution in [2.45, 2.75) is 102 Å². The molecule has 1 aliphatic heterocycles. The van der Waals surface area contributed by atoms with Gasteiger partial charge in [0.25, 0.3) is 0 Å². The summed E-state index contributed by atoms with van der Waals surface area (Å²) >= 11 is 0. The lowest BCUT2D eigenvalue weighted by atomic mass is 10.0. The van der Waals surface area contributed by atoms with Gasteiger partial charge in [-0.1, -0.05) is 43.2 Å². The van der Waals surface area contributed by atoms with Gasteiger partial charge in [-0.15, -0.1) is 0 Å². The van der Waals surface area contributed by atoms with Crippen LogP contribution >= 0.6 is 0 Å². The third kappa shape index (κ3) is 8.62. The van der Waals surface area contributed by atoms with E-state index in [1.807, 2.05) is 30.3 Å². The van der Waals surface area contributed by atoms with E-state index in [4.69, 9.17) is 9.94 Å². The molecule has 2 atom stereocenters. The van der Waals surface area contributed by atoms with Gasteiger partial charge in [0, 0.05) is 25.8 Å². The number of rotatable bonds is 13. The second kappa shape index (κ2) is 14.6. The predicted octanol–water partition coefficient (Wildman–Crippen LogP) is 3.04. The lowest BCUT2D eigenvalue weighted by molar-refractivity contribution is -0.153. The van der Waals surface area contributed by atoms with Gasteiger partial charge in [0.2, 0.25) is 17.7 Å². The van der Waals surface area contributed by atoms with Crippen LogP contribution in [-0.4, -0.2) is 58.5 Å². The Bertz CT molecular complexity index is 872. The van der Waals surface area contributed by atoms with E-state index in [-0.39, 0.29) is 24.3 Å². The van der Waals surface area contributed by atoms with Crippen LogP contribution in [0.5, 0.6) is 0 Å². The SMILES string of the molecule is O=C(CCCCCCC(=O)N1CCCC1C(=O)NC(Cc1ccccc1)C(=O)OC1CCCC1)NO. The fourth-order valence-corrected chi connectivity index (χ4v) is 5.02. The molecule has 9 nitrogen and oxygen atoms in total. The molecule has 2 unspecified atom stereocenters. The van der Waals surface area contributed by atoms with Gasteiger partial charge in [-0.3, -0.25) is 19.6 Å². The van der Waals surface area contributed by atoms with E-state index in [9.17, 15) is 19.2 Å². The monoisotopic (exact) mass is 501 g/mol. The maximum Gasteiger partial charge on any atom is 0.329 e. The zero-order chi connectivity index (χ0) is 25.8. The fourth-order valence-electron chi connectivity index (χ4n) is 5.02. The summed E-state index contributed by atoms with van der Waals surface area (Å²) in [5.74, 6) is -1.19. The molecule has 9 heteroatoms. The minimum Gasteiger partial charge on any atom is -0.461 e. The zero-order valence-corrected chi connectivity index (χ0v) is 21.0. The minimum atomic E-state index is -0.797. The van der Waals surface area contributed by atoms with Gasteiger partial charge in [0.05, 0.1) is 0 Å². The van der Waals surface area contributed by atoms with Crippen molar-refractivity contribution in [1.82, 2.24) is 15.7 Å². The van der Waals surface area contributed by atoms with Crippen molar-refractivity contribution in [3.63, 3.8) is 0 Å². The number of nitrogens with zero attached hydrogens (tertiary/aromatic N) is 1. The topological polar surface area (TPSA) is 125 Å². The molecule has 2 aliphatic rings. The number of hydrogen-bond acceptors (Lipinski definition) is 6. The van der Waals surface area contributed by atoms with Crippen LogP contribution in [0.1, 0.15) is 82.6 Å². The first-order valence-corrected chi connectivity index (χ1v) is 13.2. The number of carbonyl (C=O) groups is 4. The molecule has 1 aliphatic carbocycles. The molecule has 0 spiro atoms. The maximum atomic E-state index is 13.2. The number of hydroxylamine groups is 1. The van der Waals surface area contributed by atoms with E-state index >= 15 is 0 Å². The van der Waals surface area contributed by atoms with Gasteiger partial charge >= 0.3 is 5.97 Å². The highest BCUT2D eigenvalue weighted by Gasteiger charge is 2.36. The summed E-state index contributed by atoms with van der Waals surface area (Å²) in [6.07, 6.45) is 8.88. The highest BCUT2D eigenvalue weighted by atomic mass is 16.5. The Balaban J connectivity index is 1.52. The average molecular weight is 502 g/mol. The summed E-state index contributed by atoms with van der Waals surface area (Å²) in [6.45, 7) is 0.531. The number of hydrogen-bond donors (Lipinski definition) is 3. The fraction of sp³-hybridized carbons (Fsp3) is 0.630. The summed E-state index contributed by atoms with van der Waals surface area (Å²) in [7, 11) is 0. The molecule has 2 fully saturated rings. The smallest absolute Gasteiger partial charge is 0.329 e. The van der Waals surface area contributed by atoms with Gasteiger partial charge in [-0.25, -0.2) is 10.3 Å². The molecule has 1 saturated heterocycles. The molecular formula is C27H39N3O6. The van der Waals surface area contributed by atoms with Gasteiger partial charge in [0.1, 0.15) is 18.2 Å². The van der Waals surface area contributed by atoms with Crippen molar-refractivity contribution in [2.24, 2.45) is 0 Å². The number of amides is 3. The summed E-state index contributed by atoms with van der Waals surface area (Å²) in [5, 5.41) is 11.4. The molecule has 198 valence electrons. The van der Waals surface area contributed by atoms with E-state index in [2.05, 4.69) is 5.32 Å². The van der Waals surface area contributed by atoms with Crippen LogP contribution in [0.15, 0.2) is 30.3 Å². The minimum absolute atomic E-state index is 0.0612. The Kier molecular flexibility index (Phi) is 11.2. The summed E-state index contributed by atoms with van der Waals surface area (Å²) in [5.41, 5.74) is 2.54. The van der Waals surface area contributed by atoms with Crippen LogP contribution in [0.3, 0.4) is 0 Å². The van der Waals surface area contributed by atoms with Crippen LogP contribution in [0, 0.1) is 0 Å². The molecule has 0 bridgehead atoms. The molecule has 36 heavy (non-hydrogen) atoms. The van der Waals surface area contributed by atoms with E-state index < -0.39 is 24.0 Å². The van der Waals surface area contributed by atoms with Crippen LogP contribution < -0.4 is 10.8 Å². The van der Waals surface area contributed by atoms with Gasteiger partial charge in [-0.2, -0.15) is 0 Å². The van der Waals surface area contributed by atoms with E-state index in [1.165, 1.54) is 0 Å². The molecule has 1 aromatic carbocycles. The third-order valence-electron chi connectivity index (χ3n) is 7.01. The Morgan fingerprint density at radius 2 is 1.64 bits per heavy atom. The van der Waals surface area contributed by atoms with E-state index in [0.717, 1.165) is 50.5 Å². The summed E-state index contributed by atoms with van der Waals surface area (Å²) < 4.78 is 5.72. The van der Waals surface area contributed by atoms with Crippen LogP contribution in [0.4, 0.5) is 0 Å². The van der Waals surface area contributed by atoms with E-state index in [0.29, 0.717) is 38.6 Å². The van der Waals surface area contributed by atoms with Gasteiger partial charge in [0.15, 0.2) is 0 Å². The van der Waals surface area contributed by atoms with E-state index in [1.54, 1.807) is 10.4 Å². The number of esters is 1. The summed E-state index contributed by atoms with van der Waals surface area (Å²) in [4.78, 5) is 51.8. The van der Waals surface area contributed by atoms with Crippen molar-refractivity contribution in [2.75, 3.05) is 6.54 Å². The highest BCUT2D eigenvalue weighted by Crippen LogP contribution is 2.23. The van der Waals surface area contributed by atoms with Crippen LogP contribution in [0.2, 0.25) is 0 Å². The number of ether oxygens (including phenoxy) is 1. The standard InChI is InChI=1S/C27H39N3O6/c31-24(29-35)16-6-1-2-7-17-25(32)30-18-10-15-23(30)26(33)28-22(19-20-11-4-3-5-12-20)27(34)36-21-13-8-9-14-21/h3-5,11-12,21-23,35H,1-2,6-10,13-19H2,(H,28,33)(H,29,31). The number of unbranched alkanes of at least 4 members (excludes halogenated alkanes) is 3. The quantitative estimate of drug-likeness (QED) is 0.165. The molecular weight excluding hydrogens is 462 g/mol. The number of likely N-dealkylation sites (tertiary alicyclic amines) is 1. The molecule has 0 aromatic heterocycles. The molecule has 0 radical (unpaired) electrons. The van der Waals surface area contributed by atoms with Gasteiger partial charge in [-0.05, 0) is 56.9 Å². The zero-order valence-electron chi connectivity index (χ0n) is 21.0. The Labute approximate surface area is 212 Å². The molecule has 3 N–H and O–H groups in total. The van der Waals surface area contributed by atoms with Crippen molar-refractivity contribution >= 4 is 23.7 Å². The Morgan fingerprint density at radius 1 is 0.944 bits per heavy atom. The largest absolute Gasteiger partial charge is 0.461 e. The van der Waals surface area contributed by atoms with Gasteiger partial charge < -0.3 is 15.0 Å². The maximum absolute atomic E-state index is 13.2. The van der Waals surface area contributed by atoms with Crippen molar-refractivity contribution in [3.05, 3.63) is 35.9 Å². The van der Waals surface area contributed by atoms with Crippen molar-refractivity contribution in [3.8, 4) is 0 Å². The Hall–Kier alpha value is -2.94. The molecule has 1 aromatic rings. The Morgan fingerprint density at radius 3 is 2.33 bits per heavy atom. The predicted molar refractivity (Wildman–Crippen MR) is 133 cm³/mol. The highest BCUT2D eigenvalue weighted by molar-refractivity contribution is 5.91. The van der Waals surface area contributed by atoms with Crippen LogP contribution in [0.25, 0.3) is 0 Å². The first kappa shape index (κ1) is 27.6. The number of carbonyl (C=O) groups excluding carboxylic acids is 4. The van der Waals surface area contributed by atoms with Crippen molar-refractivity contribution < 1.29 is 29.1 Å². The lowest BCUT2D eigenvalue weighted by Crippen LogP contribution is -2.52. The molecule has 1 heterocycles. The first-order valence-electron chi connectivity index (χ1n) is 13.2. The average Bonchev–Trinajstić information content (AvgIpc) is 3.58. The molecule has 3 amide bonds. The molecule has 1 saturated carbocycles. The molecule has 3 rings (SSSR count). The first-order chi connectivity index (χ1) is 17.5. The lowest BCUT2D eigenvalue weighted by Gasteiger charge is -2.27. The second-order valence-electron chi connectivity index (χ2n) is 9.79.